The minimum absolute atomic E-state index is 0.0231. The second-order valence-corrected chi connectivity index (χ2v) is 7.04. The normalized spacial score (nSPS) is 11.4. The molecule has 1 amide bonds. The molecule has 0 fully saturated rings. The third-order valence-corrected chi connectivity index (χ3v) is 5.47. The number of rotatable bonds is 3. The van der Waals surface area contributed by atoms with E-state index in [0.717, 1.165) is 4.31 Å². The van der Waals surface area contributed by atoms with E-state index in [2.05, 4.69) is 0 Å². The van der Waals surface area contributed by atoms with E-state index in [0.29, 0.717) is 10.8 Å². The fraction of sp³-hybridized carbons (Fsp3) is 0.0556. The summed E-state index contributed by atoms with van der Waals surface area (Å²) in [5.74, 6) is -0.607. The van der Waals surface area contributed by atoms with E-state index in [1.54, 1.807) is 42.5 Å². The highest BCUT2D eigenvalue weighted by molar-refractivity contribution is 7.93. The number of phenols is 1. The summed E-state index contributed by atoms with van der Waals surface area (Å²) in [4.78, 5) is 12.2. The Morgan fingerprint density at radius 3 is 2.08 bits per heavy atom. The molecule has 0 aliphatic rings. The Balaban J connectivity index is 2.29. The summed E-state index contributed by atoms with van der Waals surface area (Å²) in [6, 6.07) is 17.4. The van der Waals surface area contributed by atoms with E-state index >= 15 is 0 Å². The predicted molar refractivity (Wildman–Crippen MR) is 92.4 cm³/mol. The molecule has 3 rings (SSSR count). The van der Waals surface area contributed by atoms with Gasteiger partial charge in [0.1, 0.15) is 5.75 Å². The van der Waals surface area contributed by atoms with Crippen LogP contribution in [0.4, 0.5) is 5.69 Å². The summed E-state index contributed by atoms with van der Waals surface area (Å²) in [6.45, 7) is 1.20. The maximum absolute atomic E-state index is 12.9. The van der Waals surface area contributed by atoms with Crippen molar-refractivity contribution < 1.29 is 18.3 Å². The van der Waals surface area contributed by atoms with Gasteiger partial charge in [-0.3, -0.25) is 4.79 Å². The van der Waals surface area contributed by atoms with Crippen LogP contribution in [0.5, 0.6) is 5.75 Å². The summed E-state index contributed by atoms with van der Waals surface area (Å²) in [6.07, 6.45) is 0. The molecule has 0 spiro atoms. The molecule has 0 heterocycles. The van der Waals surface area contributed by atoms with Crippen molar-refractivity contribution in [2.45, 2.75) is 11.8 Å². The van der Waals surface area contributed by atoms with Crippen molar-refractivity contribution in [3.8, 4) is 5.75 Å². The lowest BCUT2D eigenvalue weighted by Crippen LogP contribution is -2.35. The highest BCUT2D eigenvalue weighted by Gasteiger charge is 2.30. The summed E-state index contributed by atoms with van der Waals surface area (Å²) in [5, 5.41) is 10.9. The molecule has 0 saturated heterocycles. The lowest BCUT2D eigenvalue weighted by atomic mass is 10.1. The van der Waals surface area contributed by atoms with E-state index in [1.165, 1.54) is 31.2 Å². The van der Waals surface area contributed by atoms with Gasteiger partial charge in [0, 0.05) is 17.7 Å². The molecule has 0 saturated carbocycles. The van der Waals surface area contributed by atoms with Gasteiger partial charge in [0.2, 0.25) is 5.91 Å². The van der Waals surface area contributed by atoms with Gasteiger partial charge in [0.05, 0.1) is 10.6 Å². The molecule has 0 aliphatic carbocycles. The van der Waals surface area contributed by atoms with E-state index in [9.17, 15) is 18.3 Å². The first kappa shape index (κ1) is 16.0. The van der Waals surface area contributed by atoms with Gasteiger partial charge >= 0.3 is 0 Å². The zero-order chi connectivity index (χ0) is 17.3. The number of benzene rings is 3. The first-order valence-corrected chi connectivity index (χ1v) is 8.68. The van der Waals surface area contributed by atoms with Crippen molar-refractivity contribution in [2.24, 2.45) is 0 Å². The van der Waals surface area contributed by atoms with Crippen LogP contribution in [0.25, 0.3) is 10.8 Å². The summed E-state index contributed by atoms with van der Waals surface area (Å²) < 4.78 is 26.7. The van der Waals surface area contributed by atoms with Gasteiger partial charge in [-0.15, -0.1) is 0 Å². The molecule has 122 valence electrons. The minimum atomic E-state index is -4.06. The molecule has 0 aliphatic heterocycles. The van der Waals surface area contributed by atoms with Crippen LogP contribution in [0, 0.1) is 0 Å². The summed E-state index contributed by atoms with van der Waals surface area (Å²) in [5.41, 5.74) is 0.208. The van der Waals surface area contributed by atoms with Crippen LogP contribution in [0.1, 0.15) is 6.92 Å². The van der Waals surface area contributed by atoms with Gasteiger partial charge < -0.3 is 5.11 Å². The zero-order valence-electron chi connectivity index (χ0n) is 12.9. The number of aromatic hydroxyl groups is 1. The highest BCUT2D eigenvalue weighted by Crippen LogP contribution is 2.35. The number of phenolic OH excluding ortho intramolecular Hbond substituents is 1. The Kier molecular flexibility index (Phi) is 3.99. The molecule has 0 aromatic heterocycles. The Morgan fingerprint density at radius 2 is 1.46 bits per heavy atom. The number of amides is 1. The maximum atomic E-state index is 12.9. The van der Waals surface area contributed by atoms with Gasteiger partial charge in [-0.25, -0.2) is 12.7 Å². The molecule has 3 aromatic rings. The number of anilines is 1. The Morgan fingerprint density at radius 1 is 0.875 bits per heavy atom. The molecule has 1 N–H and O–H groups in total. The van der Waals surface area contributed by atoms with Crippen molar-refractivity contribution in [1.82, 2.24) is 0 Å². The van der Waals surface area contributed by atoms with Crippen molar-refractivity contribution in [3.05, 3.63) is 66.7 Å². The van der Waals surface area contributed by atoms with Crippen LogP contribution < -0.4 is 4.31 Å². The van der Waals surface area contributed by atoms with Crippen LogP contribution in [0.3, 0.4) is 0 Å². The molecular weight excluding hydrogens is 326 g/mol. The van der Waals surface area contributed by atoms with Crippen LogP contribution in [0.15, 0.2) is 71.6 Å². The average molecular weight is 341 g/mol. The zero-order valence-corrected chi connectivity index (χ0v) is 13.7. The molecule has 6 heteroatoms. The molecule has 3 aromatic carbocycles. The largest absolute Gasteiger partial charge is 0.507 e. The van der Waals surface area contributed by atoms with Crippen LogP contribution in [-0.2, 0) is 14.8 Å². The number of nitrogens with zero attached hydrogens (tertiary/aromatic N) is 1. The number of sulfonamides is 1. The van der Waals surface area contributed by atoms with E-state index in [-0.39, 0.29) is 16.3 Å². The van der Waals surface area contributed by atoms with Gasteiger partial charge in [-0.1, -0.05) is 42.5 Å². The number of hydrogen-bond donors (Lipinski definition) is 1. The minimum Gasteiger partial charge on any atom is -0.507 e. The first-order valence-electron chi connectivity index (χ1n) is 7.24. The topological polar surface area (TPSA) is 74.7 Å². The van der Waals surface area contributed by atoms with Crippen LogP contribution in [0.2, 0.25) is 0 Å². The smallest absolute Gasteiger partial charge is 0.270 e. The van der Waals surface area contributed by atoms with Crippen molar-refractivity contribution in [3.63, 3.8) is 0 Å². The molecule has 0 unspecified atom stereocenters. The van der Waals surface area contributed by atoms with Crippen molar-refractivity contribution >= 4 is 32.4 Å². The number of hydrogen-bond acceptors (Lipinski definition) is 4. The van der Waals surface area contributed by atoms with E-state index in [1.807, 2.05) is 0 Å². The molecule has 0 radical (unpaired) electrons. The third kappa shape index (κ3) is 2.61. The fourth-order valence-electron chi connectivity index (χ4n) is 2.61. The summed E-state index contributed by atoms with van der Waals surface area (Å²) in [7, 11) is -4.06. The van der Waals surface area contributed by atoms with Crippen LogP contribution in [-0.4, -0.2) is 19.4 Å². The maximum Gasteiger partial charge on any atom is 0.270 e. The van der Waals surface area contributed by atoms with E-state index < -0.39 is 15.9 Å². The van der Waals surface area contributed by atoms with Gasteiger partial charge in [0.15, 0.2) is 0 Å². The highest BCUT2D eigenvalue weighted by atomic mass is 32.2. The van der Waals surface area contributed by atoms with Crippen molar-refractivity contribution in [1.29, 1.82) is 0 Å². The number of fused-ring (bicyclic) bond motifs is 1. The van der Waals surface area contributed by atoms with Gasteiger partial charge in [-0.05, 0) is 24.3 Å². The quantitative estimate of drug-likeness (QED) is 0.793. The Labute approximate surface area is 139 Å². The second-order valence-electron chi connectivity index (χ2n) is 5.25. The number of carbonyl (C=O) groups excluding carboxylic acids is 1. The predicted octanol–water partition coefficient (Wildman–Crippen LogP) is 3.29. The molecule has 0 atom stereocenters. The second kappa shape index (κ2) is 5.98. The van der Waals surface area contributed by atoms with Crippen LogP contribution >= 0.6 is 0 Å². The Hall–Kier alpha value is -2.86. The molecule has 24 heavy (non-hydrogen) atoms. The average Bonchev–Trinajstić information content (AvgIpc) is 2.58. The summed E-state index contributed by atoms with van der Waals surface area (Å²) >= 11 is 0. The standard InChI is InChI=1S/C18H15NO4S/c1-13(20)19(24(22,23)14-7-3-2-4-8-14)17-11-12-18(21)16-10-6-5-9-15(16)17/h2-12,21H,1H3. The first-order chi connectivity index (χ1) is 11.4. The monoisotopic (exact) mass is 341 g/mol. The lowest BCUT2D eigenvalue weighted by Gasteiger charge is -2.23. The SMILES string of the molecule is CC(=O)N(c1ccc(O)c2ccccc12)S(=O)(=O)c1ccccc1. The molecule has 5 nitrogen and oxygen atoms in total. The lowest BCUT2D eigenvalue weighted by molar-refractivity contribution is -0.115. The number of carbonyl (C=O) groups is 1. The fourth-order valence-corrected chi connectivity index (χ4v) is 4.08. The molecular formula is C18H15NO4S. The van der Waals surface area contributed by atoms with Crippen molar-refractivity contribution in [2.75, 3.05) is 4.31 Å². The van der Waals surface area contributed by atoms with Gasteiger partial charge in [0.25, 0.3) is 10.0 Å². The third-order valence-electron chi connectivity index (χ3n) is 3.66. The molecule has 0 bridgehead atoms. The Bertz CT molecular complexity index is 1010. The van der Waals surface area contributed by atoms with Gasteiger partial charge in [-0.2, -0.15) is 0 Å². The van der Waals surface area contributed by atoms with E-state index in [4.69, 9.17) is 0 Å².